The van der Waals surface area contributed by atoms with Crippen molar-refractivity contribution in [2.75, 3.05) is 13.2 Å². The normalized spacial score (nSPS) is 12.1. The molecule has 2 N–H and O–H groups in total. The number of hydrogen-bond donors (Lipinski definition) is 2. The third-order valence-corrected chi connectivity index (χ3v) is 2.15. The highest BCUT2D eigenvalue weighted by atomic mass is 16.5. The van der Waals surface area contributed by atoms with E-state index in [0.29, 0.717) is 19.4 Å². The van der Waals surface area contributed by atoms with E-state index in [0.717, 1.165) is 12.8 Å². The Morgan fingerprint density at radius 2 is 2.41 bits per heavy atom. The maximum Gasteiger partial charge on any atom is 0.407 e. The second kappa shape index (κ2) is 11.0. The van der Waals surface area contributed by atoms with Crippen LogP contribution >= 0.6 is 0 Å². The lowest BCUT2D eigenvalue weighted by molar-refractivity contribution is 0.133. The minimum Gasteiger partial charge on any atom is -0.450 e. The number of rotatable bonds is 8. The molecule has 0 aromatic carbocycles. The van der Waals surface area contributed by atoms with Crippen LogP contribution in [-0.4, -0.2) is 30.5 Å². The molecule has 1 unspecified atom stereocenters. The molecule has 0 spiro atoms. The molecule has 0 aliphatic rings. The second-order valence-corrected chi connectivity index (χ2v) is 3.62. The van der Waals surface area contributed by atoms with E-state index < -0.39 is 6.09 Å². The highest BCUT2D eigenvalue weighted by Gasteiger charge is 2.10. The number of aliphatic hydroxyl groups excluding tert-OH is 1. The first-order valence-electron chi connectivity index (χ1n) is 5.83. The molecule has 96 valence electrons. The van der Waals surface area contributed by atoms with Gasteiger partial charge in [0.2, 0.25) is 0 Å². The first-order valence-corrected chi connectivity index (χ1v) is 5.83. The Kier molecular flexibility index (Phi) is 9.97. The van der Waals surface area contributed by atoms with Gasteiger partial charge in [-0.2, -0.15) is 5.26 Å². The molecule has 0 radical (unpaired) electrons. The standard InChI is InChI=1S/C12H20N2O3/c1-2-3-9-17-12(16)14-11(10-15)7-5-4-6-8-13/h4,6,11,15H,2-3,5,7,9-10H2,1H3,(H,14,16)/b6-4+. The van der Waals surface area contributed by atoms with Crippen LogP contribution in [0.25, 0.3) is 0 Å². The average Bonchev–Trinajstić information content (AvgIpc) is 2.33. The minimum atomic E-state index is -0.498. The maximum atomic E-state index is 11.3. The largest absolute Gasteiger partial charge is 0.450 e. The fourth-order valence-electron chi connectivity index (χ4n) is 1.16. The second-order valence-electron chi connectivity index (χ2n) is 3.62. The third kappa shape index (κ3) is 9.39. The lowest BCUT2D eigenvalue weighted by Gasteiger charge is -2.15. The molecule has 0 fully saturated rings. The number of unbranched alkanes of at least 4 members (excludes halogenated alkanes) is 1. The Hall–Kier alpha value is -1.54. The van der Waals surface area contributed by atoms with Gasteiger partial charge in [0.05, 0.1) is 25.3 Å². The molecular weight excluding hydrogens is 220 g/mol. The van der Waals surface area contributed by atoms with Crippen LogP contribution < -0.4 is 5.32 Å². The maximum absolute atomic E-state index is 11.3. The number of carbonyl (C=O) groups is 1. The van der Waals surface area contributed by atoms with Crippen LogP contribution in [0.4, 0.5) is 4.79 Å². The Morgan fingerprint density at radius 3 is 3.00 bits per heavy atom. The fraction of sp³-hybridized carbons (Fsp3) is 0.667. The molecule has 1 amide bonds. The van der Waals surface area contributed by atoms with E-state index in [1.165, 1.54) is 6.08 Å². The van der Waals surface area contributed by atoms with E-state index in [1.54, 1.807) is 6.08 Å². The van der Waals surface area contributed by atoms with Gasteiger partial charge in [-0.1, -0.05) is 19.4 Å². The van der Waals surface area contributed by atoms with Crippen LogP contribution in [0.1, 0.15) is 32.6 Å². The summed E-state index contributed by atoms with van der Waals surface area (Å²) in [5.74, 6) is 0. The van der Waals surface area contributed by atoms with E-state index in [-0.39, 0.29) is 12.6 Å². The van der Waals surface area contributed by atoms with Crippen molar-refractivity contribution in [2.45, 2.75) is 38.6 Å². The number of nitrogens with one attached hydrogen (secondary N) is 1. The molecule has 0 rings (SSSR count). The van der Waals surface area contributed by atoms with Gasteiger partial charge in [0.1, 0.15) is 0 Å². The smallest absolute Gasteiger partial charge is 0.407 e. The molecule has 0 aliphatic heterocycles. The molecule has 5 nitrogen and oxygen atoms in total. The summed E-state index contributed by atoms with van der Waals surface area (Å²) in [6.45, 7) is 2.28. The minimum absolute atomic E-state index is 0.136. The van der Waals surface area contributed by atoms with Gasteiger partial charge in [-0.05, 0) is 19.3 Å². The number of hydrogen-bond acceptors (Lipinski definition) is 4. The van der Waals surface area contributed by atoms with Crippen LogP contribution in [0, 0.1) is 11.3 Å². The highest BCUT2D eigenvalue weighted by Crippen LogP contribution is 1.99. The summed E-state index contributed by atoms with van der Waals surface area (Å²) in [6.07, 6.45) is 5.60. The number of amides is 1. The summed E-state index contributed by atoms with van der Waals surface area (Å²) < 4.78 is 4.91. The first-order chi connectivity index (χ1) is 8.24. The molecule has 0 heterocycles. The van der Waals surface area contributed by atoms with Crippen molar-refractivity contribution in [3.05, 3.63) is 12.2 Å². The van der Waals surface area contributed by atoms with Gasteiger partial charge in [-0.15, -0.1) is 0 Å². The average molecular weight is 240 g/mol. The summed E-state index contributed by atoms with van der Waals surface area (Å²) >= 11 is 0. The van der Waals surface area contributed by atoms with E-state index in [2.05, 4.69) is 5.32 Å². The number of nitrogens with zero attached hydrogens (tertiary/aromatic N) is 1. The van der Waals surface area contributed by atoms with Crippen molar-refractivity contribution in [2.24, 2.45) is 0 Å². The van der Waals surface area contributed by atoms with Crippen molar-refractivity contribution >= 4 is 6.09 Å². The number of aliphatic hydroxyl groups is 1. The molecule has 0 aliphatic carbocycles. The third-order valence-electron chi connectivity index (χ3n) is 2.15. The van der Waals surface area contributed by atoms with E-state index in [1.807, 2.05) is 13.0 Å². The van der Waals surface area contributed by atoms with Crippen molar-refractivity contribution in [1.82, 2.24) is 5.32 Å². The molecule has 0 saturated carbocycles. The summed E-state index contributed by atoms with van der Waals surface area (Å²) in [5, 5.41) is 19.9. The van der Waals surface area contributed by atoms with Crippen molar-refractivity contribution in [3.8, 4) is 6.07 Å². The predicted octanol–water partition coefficient (Wildman–Crippen LogP) is 1.73. The summed E-state index contributed by atoms with van der Waals surface area (Å²) in [6, 6.07) is 1.55. The molecule has 0 saturated heterocycles. The van der Waals surface area contributed by atoms with Crippen LogP contribution in [-0.2, 0) is 4.74 Å². The predicted molar refractivity (Wildman–Crippen MR) is 64.3 cm³/mol. The Bertz CT molecular complexity index is 271. The van der Waals surface area contributed by atoms with E-state index in [4.69, 9.17) is 15.1 Å². The van der Waals surface area contributed by atoms with Gasteiger partial charge in [-0.3, -0.25) is 0 Å². The number of nitriles is 1. The zero-order valence-electron chi connectivity index (χ0n) is 10.2. The number of carbonyl (C=O) groups excluding carboxylic acids is 1. The van der Waals surface area contributed by atoms with E-state index in [9.17, 15) is 4.79 Å². The molecular formula is C12H20N2O3. The first kappa shape index (κ1) is 15.5. The van der Waals surface area contributed by atoms with Crippen molar-refractivity contribution in [1.29, 1.82) is 5.26 Å². The lowest BCUT2D eigenvalue weighted by atomic mass is 10.1. The number of alkyl carbamates (subject to hydrolysis) is 1. The fourth-order valence-corrected chi connectivity index (χ4v) is 1.16. The molecule has 0 aromatic heterocycles. The monoisotopic (exact) mass is 240 g/mol. The van der Waals surface area contributed by atoms with Gasteiger partial charge < -0.3 is 15.2 Å². The summed E-state index contributed by atoms with van der Waals surface area (Å²) in [7, 11) is 0. The van der Waals surface area contributed by atoms with Gasteiger partial charge >= 0.3 is 6.09 Å². The van der Waals surface area contributed by atoms with Crippen molar-refractivity contribution < 1.29 is 14.6 Å². The van der Waals surface area contributed by atoms with Gasteiger partial charge in [0.15, 0.2) is 0 Å². The molecule has 5 heteroatoms. The Labute approximate surface area is 102 Å². The summed E-state index contributed by atoms with van der Waals surface area (Å²) in [4.78, 5) is 11.3. The van der Waals surface area contributed by atoms with Gasteiger partial charge in [0.25, 0.3) is 0 Å². The molecule has 17 heavy (non-hydrogen) atoms. The Balaban J connectivity index is 3.76. The Morgan fingerprint density at radius 1 is 1.65 bits per heavy atom. The topological polar surface area (TPSA) is 82.3 Å². The van der Waals surface area contributed by atoms with Crippen LogP contribution in [0.3, 0.4) is 0 Å². The molecule has 0 bridgehead atoms. The lowest BCUT2D eigenvalue weighted by Crippen LogP contribution is -2.37. The van der Waals surface area contributed by atoms with Gasteiger partial charge in [-0.25, -0.2) is 4.79 Å². The zero-order valence-corrected chi connectivity index (χ0v) is 10.2. The zero-order chi connectivity index (χ0) is 12.9. The molecule has 1 atom stereocenters. The molecule has 0 aromatic rings. The van der Waals surface area contributed by atoms with E-state index >= 15 is 0 Å². The number of allylic oxidation sites excluding steroid dienone is 2. The quantitative estimate of drug-likeness (QED) is 0.500. The van der Waals surface area contributed by atoms with Crippen molar-refractivity contribution in [3.63, 3.8) is 0 Å². The SMILES string of the molecule is CCCCOC(=O)NC(CO)CC/C=C/C#N. The van der Waals surface area contributed by atoms with Crippen LogP contribution in [0.15, 0.2) is 12.2 Å². The van der Waals surface area contributed by atoms with Gasteiger partial charge in [0, 0.05) is 6.08 Å². The van der Waals surface area contributed by atoms with Crippen LogP contribution in [0.2, 0.25) is 0 Å². The van der Waals surface area contributed by atoms with Crippen LogP contribution in [0.5, 0.6) is 0 Å². The highest BCUT2D eigenvalue weighted by molar-refractivity contribution is 5.67. The number of ether oxygens (including phenoxy) is 1. The summed E-state index contributed by atoms with van der Waals surface area (Å²) in [5.41, 5.74) is 0.